The molecule has 20 heavy (non-hydrogen) atoms. The summed E-state index contributed by atoms with van der Waals surface area (Å²) < 4.78 is 5.58. The number of halogens is 1. The summed E-state index contributed by atoms with van der Waals surface area (Å²) in [5, 5.41) is 3.70. The molecule has 0 bridgehead atoms. The van der Waals surface area contributed by atoms with Crippen molar-refractivity contribution in [3.05, 3.63) is 29.3 Å². The SMILES string of the molecule is CNCCCC(=O)N(C)CCCOc1cccc(Cl)c1. The molecule has 0 atom stereocenters. The second-order valence-electron chi connectivity index (χ2n) is 4.68. The topological polar surface area (TPSA) is 41.6 Å². The van der Waals surface area contributed by atoms with Gasteiger partial charge in [-0.1, -0.05) is 17.7 Å². The van der Waals surface area contributed by atoms with Crippen LogP contribution in [0.1, 0.15) is 19.3 Å². The van der Waals surface area contributed by atoms with Crippen molar-refractivity contribution < 1.29 is 9.53 Å². The zero-order chi connectivity index (χ0) is 14.8. The molecule has 1 rings (SSSR count). The van der Waals surface area contributed by atoms with E-state index in [0.29, 0.717) is 24.6 Å². The summed E-state index contributed by atoms with van der Waals surface area (Å²) >= 11 is 5.87. The first-order chi connectivity index (χ1) is 9.63. The highest BCUT2D eigenvalue weighted by molar-refractivity contribution is 6.30. The molecule has 1 aromatic rings. The predicted molar refractivity (Wildman–Crippen MR) is 82.4 cm³/mol. The van der Waals surface area contributed by atoms with Gasteiger partial charge < -0.3 is 15.0 Å². The molecule has 1 N–H and O–H groups in total. The summed E-state index contributed by atoms with van der Waals surface area (Å²) in [6.07, 6.45) is 2.27. The van der Waals surface area contributed by atoms with Crippen LogP contribution in [0.25, 0.3) is 0 Å². The Hall–Kier alpha value is -1.26. The van der Waals surface area contributed by atoms with E-state index in [2.05, 4.69) is 5.32 Å². The Morgan fingerprint density at radius 3 is 2.90 bits per heavy atom. The van der Waals surface area contributed by atoms with E-state index in [1.807, 2.05) is 32.3 Å². The Bertz CT molecular complexity index is 413. The fourth-order valence-electron chi connectivity index (χ4n) is 1.78. The summed E-state index contributed by atoms with van der Waals surface area (Å²) in [6, 6.07) is 7.33. The molecule has 0 unspecified atom stereocenters. The number of ether oxygens (including phenoxy) is 1. The summed E-state index contributed by atoms with van der Waals surface area (Å²) in [7, 11) is 3.72. The van der Waals surface area contributed by atoms with E-state index in [0.717, 1.165) is 25.1 Å². The van der Waals surface area contributed by atoms with E-state index in [1.165, 1.54) is 0 Å². The predicted octanol–water partition coefficient (Wildman–Crippen LogP) is 2.57. The second kappa shape index (κ2) is 9.61. The summed E-state index contributed by atoms with van der Waals surface area (Å²) in [5.74, 6) is 0.948. The van der Waals surface area contributed by atoms with E-state index >= 15 is 0 Å². The van der Waals surface area contributed by atoms with Crippen LogP contribution in [0.4, 0.5) is 0 Å². The average Bonchev–Trinajstić information content (AvgIpc) is 2.43. The van der Waals surface area contributed by atoms with E-state index in [1.54, 1.807) is 11.0 Å². The largest absolute Gasteiger partial charge is 0.493 e. The van der Waals surface area contributed by atoms with Crippen LogP contribution >= 0.6 is 11.6 Å². The molecule has 0 aromatic heterocycles. The highest BCUT2D eigenvalue weighted by Crippen LogP contribution is 2.17. The van der Waals surface area contributed by atoms with Gasteiger partial charge >= 0.3 is 0 Å². The van der Waals surface area contributed by atoms with Crippen LogP contribution in [-0.4, -0.2) is 44.6 Å². The zero-order valence-corrected chi connectivity index (χ0v) is 12.9. The zero-order valence-electron chi connectivity index (χ0n) is 12.2. The number of carbonyl (C=O) groups excluding carboxylic acids is 1. The molecular weight excluding hydrogens is 276 g/mol. The summed E-state index contributed by atoms with van der Waals surface area (Å²) in [6.45, 7) is 2.16. The lowest BCUT2D eigenvalue weighted by Crippen LogP contribution is -2.29. The first kappa shape index (κ1) is 16.8. The third-order valence-electron chi connectivity index (χ3n) is 2.95. The fourth-order valence-corrected chi connectivity index (χ4v) is 1.96. The van der Waals surface area contributed by atoms with Gasteiger partial charge in [0.05, 0.1) is 6.61 Å². The Morgan fingerprint density at radius 1 is 1.40 bits per heavy atom. The maximum absolute atomic E-state index is 11.8. The summed E-state index contributed by atoms with van der Waals surface area (Å²) in [5.41, 5.74) is 0. The molecule has 0 heterocycles. The molecule has 1 amide bonds. The van der Waals surface area contributed by atoms with Gasteiger partial charge in [-0.25, -0.2) is 0 Å². The monoisotopic (exact) mass is 298 g/mol. The van der Waals surface area contributed by atoms with Crippen LogP contribution in [0.3, 0.4) is 0 Å². The first-order valence-corrected chi connectivity index (χ1v) is 7.28. The Morgan fingerprint density at radius 2 is 2.20 bits per heavy atom. The molecule has 4 nitrogen and oxygen atoms in total. The van der Waals surface area contributed by atoms with Crippen LogP contribution in [0.15, 0.2) is 24.3 Å². The van der Waals surface area contributed by atoms with Gasteiger partial charge in [-0.2, -0.15) is 0 Å². The maximum atomic E-state index is 11.8. The van der Waals surface area contributed by atoms with Crippen LogP contribution < -0.4 is 10.1 Å². The molecule has 0 aliphatic heterocycles. The van der Waals surface area contributed by atoms with Gasteiger partial charge in [-0.05, 0) is 44.6 Å². The summed E-state index contributed by atoms with van der Waals surface area (Å²) in [4.78, 5) is 13.5. The van der Waals surface area contributed by atoms with Crippen molar-refractivity contribution in [1.29, 1.82) is 0 Å². The van der Waals surface area contributed by atoms with E-state index in [4.69, 9.17) is 16.3 Å². The van der Waals surface area contributed by atoms with Crippen molar-refractivity contribution in [2.45, 2.75) is 19.3 Å². The number of benzene rings is 1. The molecule has 1 aromatic carbocycles. The van der Waals surface area contributed by atoms with Gasteiger partial charge in [0.2, 0.25) is 5.91 Å². The minimum Gasteiger partial charge on any atom is -0.493 e. The van der Waals surface area contributed by atoms with Crippen molar-refractivity contribution in [1.82, 2.24) is 10.2 Å². The Kier molecular flexibility index (Phi) is 8.07. The van der Waals surface area contributed by atoms with Crippen LogP contribution in [0.5, 0.6) is 5.75 Å². The van der Waals surface area contributed by atoms with Crippen molar-refractivity contribution in [2.24, 2.45) is 0 Å². The number of carbonyl (C=O) groups is 1. The van der Waals surface area contributed by atoms with E-state index in [-0.39, 0.29) is 5.91 Å². The number of hydrogen-bond donors (Lipinski definition) is 1. The second-order valence-corrected chi connectivity index (χ2v) is 5.12. The third kappa shape index (κ3) is 6.78. The van der Waals surface area contributed by atoms with Crippen molar-refractivity contribution in [3.63, 3.8) is 0 Å². The normalized spacial score (nSPS) is 10.3. The van der Waals surface area contributed by atoms with Crippen LogP contribution in [0, 0.1) is 0 Å². The molecule has 112 valence electrons. The molecule has 0 saturated heterocycles. The molecule has 0 fully saturated rings. The number of nitrogens with zero attached hydrogens (tertiary/aromatic N) is 1. The first-order valence-electron chi connectivity index (χ1n) is 6.90. The molecular formula is C15H23ClN2O2. The van der Waals surface area contributed by atoms with Gasteiger partial charge in [-0.15, -0.1) is 0 Å². The minimum absolute atomic E-state index is 0.183. The quantitative estimate of drug-likeness (QED) is 0.713. The fraction of sp³-hybridized carbons (Fsp3) is 0.533. The molecule has 5 heteroatoms. The number of nitrogens with one attached hydrogen (secondary N) is 1. The lowest BCUT2D eigenvalue weighted by Gasteiger charge is -2.17. The lowest BCUT2D eigenvalue weighted by atomic mass is 10.2. The lowest BCUT2D eigenvalue weighted by molar-refractivity contribution is -0.130. The van der Waals surface area contributed by atoms with E-state index in [9.17, 15) is 4.79 Å². The van der Waals surface area contributed by atoms with Gasteiger partial charge in [0.25, 0.3) is 0 Å². The van der Waals surface area contributed by atoms with Gasteiger partial charge in [0.15, 0.2) is 0 Å². The number of rotatable bonds is 9. The van der Waals surface area contributed by atoms with E-state index < -0.39 is 0 Å². The standard InChI is InChI=1S/C15H23ClN2O2/c1-17-9-4-8-15(19)18(2)10-5-11-20-14-7-3-6-13(16)12-14/h3,6-7,12,17H,4-5,8-11H2,1-2H3. The molecule has 0 aliphatic carbocycles. The van der Waals surface area contributed by atoms with Gasteiger partial charge in [-0.3, -0.25) is 4.79 Å². The van der Waals surface area contributed by atoms with Crippen LogP contribution in [0.2, 0.25) is 5.02 Å². The number of hydrogen-bond acceptors (Lipinski definition) is 3. The van der Waals surface area contributed by atoms with Gasteiger partial charge in [0, 0.05) is 25.0 Å². The molecule has 0 spiro atoms. The maximum Gasteiger partial charge on any atom is 0.222 e. The third-order valence-corrected chi connectivity index (χ3v) is 3.18. The van der Waals surface area contributed by atoms with Crippen LogP contribution in [-0.2, 0) is 4.79 Å². The Labute approximate surface area is 126 Å². The van der Waals surface area contributed by atoms with Crippen molar-refractivity contribution >= 4 is 17.5 Å². The average molecular weight is 299 g/mol. The number of amides is 1. The minimum atomic E-state index is 0.183. The van der Waals surface area contributed by atoms with Crippen molar-refractivity contribution in [3.8, 4) is 5.75 Å². The highest BCUT2D eigenvalue weighted by Gasteiger charge is 2.07. The smallest absolute Gasteiger partial charge is 0.222 e. The Balaban J connectivity index is 2.15. The molecule has 0 saturated carbocycles. The molecule has 0 aliphatic rings. The highest BCUT2D eigenvalue weighted by atomic mass is 35.5. The van der Waals surface area contributed by atoms with Gasteiger partial charge in [0.1, 0.15) is 5.75 Å². The molecule has 0 radical (unpaired) electrons. The van der Waals surface area contributed by atoms with Crippen molar-refractivity contribution in [2.75, 3.05) is 33.8 Å².